The normalized spacial score (nSPS) is 21.4. The molecule has 1 saturated heterocycles. The number of carbonyl (C=O) groups excluding carboxylic acids is 1. The minimum atomic E-state index is -0.336. The van der Waals surface area contributed by atoms with Crippen LogP contribution < -0.4 is 0 Å². The van der Waals surface area contributed by atoms with Crippen LogP contribution in [0.3, 0.4) is 0 Å². The number of ketones is 1. The van der Waals surface area contributed by atoms with Crippen molar-refractivity contribution in [2.75, 3.05) is 20.1 Å². The molecule has 1 unspecified atom stereocenters. The zero-order valence-corrected chi connectivity index (χ0v) is 10.2. The minimum absolute atomic E-state index is 0.0600. The van der Waals surface area contributed by atoms with E-state index in [4.69, 9.17) is 0 Å². The van der Waals surface area contributed by atoms with E-state index in [1.807, 2.05) is 0 Å². The standard InChI is InChI=1S/C14H18FNO/c1-16-7-3-4-11(10-16)8-14(17)12-5-2-6-13(15)9-12/h2,5-6,9,11H,3-4,7-8,10H2,1H3. The molecule has 0 saturated carbocycles. The van der Waals surface area contributed by atoms with Gasteiger partial charge < -0.3 is 4.90 Å². The first kappa shape index (κ1) is 12.2. The molecular formula is C14H18FNO. The van der Waals surface area contributed by atoms with Gasteiger partial charge in [0.1, 0.15) is 5.82 Å². The Bertz CT molecular complexity index is 405. The minimum Gasteiger partial charge on any atom is -0.306 e. The lowest BCUT2D eigenvalue weighted by Gasteiger charge is -2.29. The summed E-state index contributed by atoms with van der Waals surface area (Å²) in [4.78, 5) is 14.2. The van der Waals surface area contributed by atoms with E-state index in [-0.39, 0.29) is 11.6 Å². The Morgan fingerprint density at radius 1 is 1.53 bits per heavy atom. The number of carbonyl (C=O) groups is 1. The molecule has 3 heteroatoms. The number of piperidine rings is 1. The predicted molar refractivity (Wildman–Crippen MR) is 65.6 cm³/mol. The smallest absolute Gasteiger partial charge is 0.163 e. The molecule has 0 bridgehead atoms. The molecule has 0 amide bonds. The second-order valence-corrected chi connectivity index (χ2v) is 4.91. The van der Waals surface area contributed by atoms with Gasteiger partial charge in [0.15, 0.2) is 5.78 Å². The summed E-state index contributed by atoms with van der Waals surface area (Å²) in [6.45, 7) is 2.09. The number of hydrogen-bond donors (Lipinski definition) is 0. The van der Waals surface area contributed by atoms with Crippen molar-refractivity contribution < 1.29 is 9.18 Å². The maximum atomic E-state index is 13.0. The SMILES string of the molecule is CN1CCCC(CC(=O)c2cccc(F)c2)C1. The van der Waals surface area contributed by atoms with Crippen LogP contribution in [-0.2, 0) is 0 Å². The van der Waals surface area contributed by atoms with Crippen molar-refractivity contribution in [3.05, 3.63) is 35.6 Å². The summed E-state index contributed by atoms with van der Waals surface area (Å²) in [6, 6.07) is 5.98. The molecule has 0 radical (unpaired) electrons. The monoisotopic (exact) mass is 235 g/mol. The van der Waals surface area contributed by atoms with Crippen LogP contribution in [0.15, 0.2) is 24.3 Å². The molecule has 2 rings (SSSR count). The highest BCUT2D eigenvalue weighted by Crippen LogP contribution is 2.20. The molecule has 1 aromatic rings. The Balaban J connectivity index is 1.97. The van der Waals surface area contributed by atoms with Gasteiger partial charge in [-0.2, -0.15) is 0 Å². The van der Waals surface area contributed by atoms with Crippen molar-refractivity contribution in [1.82, 2.24) is 4.90 Å². The molecule has 1 heterocycles. The molecule has 1 aliphatic heterocycles. The fourth-order valence-corrected chi connectivity index (χ4v) is 2.48. The Labute approximate surface area is 101 Å². The molecule has 0 aliphatic carbocycles. The van der Waals surface area contributed by atoms with Gasteiger partial charge in [-0.3, -0.25) is 4.79 Å². The first-order valence-corrected chi connectivity index (χ1v) is 6.12. The molecule has 1 atom stereocenters. The van der Waals surface area contributed by atoms with E-state index in [2.05, 4.69) is 11.9 Å². The van der Waals surface area contributed by atoms with Gasteiger partial charge in [-0.1, -0.05) is 12.1 Å². The van der Waals surface area contributed by atoms with Crippen LogP contribution in [0.4, 0.5) is 4.39 Å². The van der Waals surface area contributed by atoms with Gasteiger partial charge in [-0.25, -0.2) is 4.39 Å². The van der Waals surface area contributed by atoms with Crippen molar-refractivity contribution in [2.24, 2.45) is 5.92 Å². The molecule has 0 N–H and O–H groups in total. The Hall–Kier alpha value is -1.22. The molecule has 1 aliphatic rings. The highest BCUT2D eigenvalue weighted by molar-refractivity contribution is 5.96. The van der Waals surface area contributed by atoms with Crippen molar-refractivity contribution >= 4 is 5.78 Å². The number of rotatable bonds is 3. The third-order valence-electron chi connectivity index (χ3n) is 3.34. The fraction of sp³-hybridized carbons (Fsp3) is 0.500. The average molecular weight is 235 g/mol. The number of likely N-dealkylation sites (tertiary alicyclic amines) is 1. The van der Waals surface area contributed by atoms with E-state index in [1.54, 1.807) is 12.1 Å². The zero-order valence-electron chi connectivity index (χ0n) is 10.2. The second kappa shape index (κ2) is 5.41. The van der Waals surface area contributed by atoms with Crippen molar-refractivity contribution in [3.8, 4) is 0 Å². The molecule has 0 spiro atoms. The van der Waals surface area contributed by atoms with E-state index >= 15 is 0 Å². The highest BCUT2D eigenvalue weighted by Gasteiger charge is 2.20. The van der Waals surface area contributed by atoms with Gasteiger partial charge in [-0.15, -0.1) is 0 Å². The number of benzene rings is 1. The van der Waals surface area contributed by atoms with Gasteiger partial charge in [0.25, 0.3) is 0 Å². The molecule has 92 valence electrons. The van der Waals surface area contributed by atoms with Crippen LogP contribution in [0, 0.1) is 11.7 Å². The third-order valence-corrected chi connectivity index (χ3v) is 3.34. The molecule has 2 nitrogen and oxygen atoms in total. The summed E-state index contributed by atoms with van der Waals surface area (Å²) in [5, 5.41) is 0. The summed E-state index contributed by atoms with van der Waals surface area (Å²) < 4.78 is 13.0. The van der Waals surface area contributed by atoms with Gasteiger partial charge in [0.05, 0.1) is 0 Å². The highest BCUT2D eigenvalue weighted by atomic mass is 19.1. The first-order chi connectivity index (χ1) is 8.15. The van der Waals surface area contributed by atoms with Crippen LogP contribution in [0.1, 0.15) is 29.6 Å². The van der Waals surface area contributed by atoms with Crippen molar-refractivity contribution in [3.63, 3.8) is 0 Å². The molecule has 17 heavy (non-hydrogen) atoms. The molecular weight excluding hydrogens is 217 g/mol. The molecule has 1 aromatic carbocycles. The summed E-state index contributed by atoms with van der Waals surface area (Å²) in [7, 11) is 2.08. The number of nitrogens with zero attached hydrogens (tertiary/aromatic N) is 1. The molecule has 0 aromatic heterocycles. The van der Waals surface area contributed by atoms with Gasteiger partial charge in [0, 0.05) is 18.5 Å². The Morgan fingerprint density at radius 3 is 3.06 bits per heavy atom. The van der Waals surface area contributed by atoms with Crippen LogP contribution in [0.5, 0.6) is 0 Å². The Morgan fingerprint density at radius 2 is 2.35 bits per heavy atom. The average Bonchev–Trinajstić information content (AvgIpc) is 2.29. The first-order valence-electron chi connectivity index (χ1n) is 6.12. The summed E-state index contributed by atoms with van der Waals surface area (Å²) in [6.07, 6.45) is 2.79. The summed E-state index contributed by atoms with van der Waals surface area (Å²) >= 11 is 0. The quantitative estimate of drug-likeness (QED) is 0.751. The molecule has 1 fully saturated rings. The lowest BCUT2D eigenvalue weighted by molar-refractivity contribution is 0.0929. The van der Waals surface area contributed by atoms with Gasteiger partial charge >= 0.3 is 0 Å². The number of hydrogen-bond acceptors (Lipinski definition) is 2. The number of halogens is 1. The van der Waals surface area contributed by atoms with Crippen molar-refractivity contribution in [2.45, 2.75) is 19.3 Å². The van der Waals surface area contributed by atoms with E-state index in [9.17, 15) is 9.18 Å². The van der Waals surface area contributed by atoms with Crippen LogP contribution in [0.2, 0.25) is 0 Å². The Kier molecular flexibility index (Phi) is 3.89. The maximum absolute atomic E-state index is 13.0. The summed E-state index contributed by atoms with van der Waals surface area (Å²) in [5.41, 5.74) is 0.498. The topological polar surface area (TPSA) is 20.3 Å². The largest absolute Gasteiger partial charge is 0.306 e. The van der Waals surface area contributed by atoms with Crippen molar-refractivity contribution in [1.29, 1.82) is 0 Å². The lowest BCUT2D eigenvalue weighted by Crippen LogP contribution is -2.33. The lowest BCUT2D eigenvalue weighted by atomic mass is 9.91. The number of Topliss-reactive ketones (excluding diaryl/α,β-unsaturated/α-hetero) is 1. The van der Waals surface area contributed by atoms with E-state index in [0.717, 1.165) is 25.9 Å². The maximum Gasteiger partial charge on any atom is 0.163 e. The van der Waals surface area contributed by atoms with Gasteiger partial charge in [-0.05, 0) is 44.5 Å². The second-order valence-electron chi connectivity index (χ2n) is 4.91. The van der Waals surface area contributed by atoms with Crippen LogP contribution >= 0.6 is 0 Å². The zero-order chi connectivity index (χ0) is 12.3. The predicted octanol–water partition coefficient (Wildman–Crippen LogP) is 2.74. The third kappa shape index (κ3) is 3.37. The fourth-order valence-electron chi connectivity index (χ4n) is 2.48. The van der Waals surface area contributed by atoms with E-state index < -0.39 is 0 Å². The van der Waals surface area contributed by atoms with Gasteiger partial charge in [0.2, 0.25) is 0 Å². The summed E-state index contributed by atoms with van der Waals surface area (Å²) in [5.74, 6) is 0.144. The van der Waals surface area contributed by atoms with E-state index in [0.29, 0.717) is 17.9 Å². The van der Waals surface area contributed by atoms with Crippen LogP contribution in [-0.4, -0.2) is 30.8 Å². The van der Waals surface area contributed by atoms with E-state index in [1.165, 1.54) is 12.1 Å². The van der Waals surface area contributed by atoms with Crippen LogP contribution in [0.25, 0.3) is 0 Å².